The number of aryl methyl sites for hydroxylation is 1. The van der Waals surface area contributed by atoms with E-state index in [9.17, 15) is 0 Å². The van der Waals surface area contributed by atoms with E-state index in [1.165, 1.54) is 0 Å². The largest absolute Gasteiger partial charge is 0.493 e. The highest BCUT2D eigenvalue weighted by Crippen LogP contribution is 2.30. The van der Waals surface area contributed by atoms with E-state index in [1.807, 2.05) is 19.1 Å². The fraction of sp³-hybridized carbons (Fsp3) is 0.625. The second-order valence-electron chi connectivity index (χ2n) is 5.21. The van der Waals surface area contributed by atoms with E-state index in [2.05, 4.69) is 13.8 Å². The van der Waals surface area contributed by atoms with E-state index >= 15 is 0 Å². The summed E-state index contributed by atoms with van der Waals surface area (Å²) >= 11 is 0. The molecule has 0 spiro atoms. The minimum Gasteiger partial charge on any atom is -0.493 e. The number of nitrogens with two attached hydrogens (primary N) is 1. The van der Waals surface area contributed by atoms with Crippen molar-refractivity contribution >= 4 is 5.69 Å². The molecule has 1 rings (SSSR count). The van der Waals surface area contributed by atoms with E-state index < -0.39 is 0 Å². The van der Waals surface area contributed by atoms with Crippen molar-refractivity contribution in [3.8, 4) is 5.75 Å². The number of hydrogen-bond donors (Lipinski definition) is 1. The lowest BCUT2D eigenvalue weighted by molar-refractivity contribution is 0.0644. The number of ether oxygens (including phenoxy) is 3. The lowest BCUT2D eigenvalue weighted by Gasteiger charge is -2.16. The normalized spacial score (nSPS) is 11.1. The average Bonchev–Trinajstić information content (AvgIpc) is 2.41. The molecule has 0 heterocycles. The molecule has 0 unspecified atom stereocenters. The Balaban J connectivity index is 2.45. The Morgan fingerprint density at radius 1 is 1.10 bits per heavy atom. The minimum absolute atomic E-state index is 0.394. The molecule has 1 aromatic carbocycles. The van der Waals surface area contributed by atoms with E-state index in [0.717, 1.165) is 29.0 Å². The summed E-state index contributed by atoms with van der Waals surface area (Å²) in [7, 11) is 1.67. The van der Waals surface area contributed by atoms with Gasteiger partial charge in [-0.05, 0) is 36.1 Å². The zero-order chi connectivity index (χ0) is 15.0. The fourth-order valence-electron chi connectivity index (χ4n) is 1.88. The maximum Gasteiger partial charge on any atom is 0.123 e. The molecular formula is C16H27NO3. The molecule has 4 heteroatoms. The summed E-state index contributed by atoms with van der Waals surface area (Å²) in [5, 5.41) is 0. The summed E-state index contributed by atoms with van der Waals surface area (Å²) in [6.45, 7) is 8.89. The molecular weight excluding hydrogens is 254 g/mol. The lowest BCUT2D eigenvalue weighted by Crippen LogP contribution is -2.08. The Bertz CT molecular complexity index is 405. The smallest absolute Gasteiger partial charge is 0.123 e. The molecule has 1 aromatic rings. The van der Waals surface area contributed by atoms with Crippen LogP contribution in [0.15, 0.2) is 12.1 Å². The van der Waals surface area contributed by atoms with Crippen LogP contribution < -0.4 is 10.5 Å². The summed E-state index contributed by atoms with van der Waals surface area (Å²) in [5.74, 6) is 1.33. The maximum atomic E-state index is 5.96. The summed E-state index contributed by atoms with van der Waals surface area (Å²) in [6.07, 6.45) is 0.866. The summed E-state index contributed by atoms with van der Waals surface area (Å²) in [4.78, 5) is 0. The van der Waals surface area contributed by atoms with E-state index in [4.69, 9.17) is 19.9 Å². The van der Waals surface area contributed by atoms with Crippen molar-refractivity contribution < 1.29 is 14.2 Å². The van der Waals surface area contributed by atoms with Gasteiger partial charge in [-0.15, -0.1) is 0 Å². The zero-order valence-electron chi connectivity index (χ0n) is 13.1. The third-order valence-electron chi connectivity index (χ3n) is 3.14. The van der Waals surface area contributed by atoms with Gasteiger partial charge in [0.25, 0.3) is 0 Å². The van der Waals surface area contributed by atoms with Gasteiger partial charge in [0.15, 0.2) is 0 Å². The van der Waals surface area contributed by atoms with Crippen molar-refractivity contribution in [3.63, 3.8) is 0 Å². The molecule has 0 atom stereocenters. The average molecular weight is 281 g/mol. The molecule has 20 heavy (non-hydrogen) atoms. The molecule has 0 saturated heterocycles. The Hall–Kier alpha value is -1.26. The van der Waals surface area contributed by atoms with Gasteiger partial charge in [-0.1, -0.05) is 13.8 Å². The second kappa shape index (κ2) is 8.82. The minimum atomic E-state index is 0.394. The van der Waals surface area contributed by atoms with Crippen LogP contribution in [0.25, 0.3) is 0 Å². The Morgan fingerprint density at radius 3 is 2.50 bits per heavy atom. The molecule has 0 aliphatic carbocycles. The first-order valence-electron chi connectivity index (χ1n) is 7.15. The predicted octanol–water partition coefficient (Wildman–Crippen LogP) is 3.13. The van der Waals surface area contributed by atoms with Crippen LogP contribution in [0.2, 0.25) is 0 Å². The molecule has 0 amide bonds. The summed E-state index contributed by atoms with van der Waals surface area (Å²) < 4.78 is 16.2. The van der Waals surface area contributed by atoms with Crippen LogP contribution in [0.1, 0.15) is 37.3 Å². The Kier molecular flexibility index (Phi) is 7.41. The molecule has 114 valence electrons. The van der Waals surface area contributed by atoms with Crippen molar-refractivity contribution in [2.24, 2.45) is 0 Å². The first-order chi connectivity index (χ1) is 9.56. The highest BCUT2D eigenvalue weighted by atomic mass is 16.5. The molecule has 0 fully saturated rings. The first kappa shape index (κ1) is 16.8. The standard InChI is InChI=1S/C16H27NO3/c1-12(2)14-11-15(17)13(3)10-16(14)20-7-5-6-19-9-8-18-4/h10-12H,5-9,17H2,1-4H3. The topological polar surface area (TPSA) is 53.7 Å². The second-order valence-corrected chi connectivity index (χ2v) is 5.21. The summed E-state index contributed by atoms with van der Waals surface area (Å²) in [6, 6.07) is 4.04. The van der Waals surface area contributed by atoms with Gasteiger partial charge in [-0.25, -0.2) is 0 Å². The van der Waals surface area contributed by atoms with Crippen molar-refractivity contribution in [3.05, 3.63) is 23.3 Å². The summed E-state index contributed by atoms with van der Waals surface area (Å²) in [5.41, 5.74) is 9.00. The van der Waals surface area contributed by atoms with Gasteiger partial charge in [-0.3, -0.25) is 0 Å². The molecule has 4 nitrogen and oxygen atoms in total. The number of methoxy groups -OCH3 is 1. The van der Waals surface area contributed by atoms with Crippen LogP contribution in [0.5, 0.6) is 5.75 Å². The maximum absolute atomic E-state index is 5.96. The van der Waals surface area contributed by atoms with E-state index in [1.54, 1.807) is 7.11 Å². The Morgan fingerprint density at radius 2 is 1.85 bits per heavy atom. The zero-order valence-corrected chi connectivity index (χ0v) is 13.1. The van der Waals surface area contributed by atoms with Crippen LogP contribution >= 0.6 is 0 Å². The van der Waals surface area contributed by atoms with Crippen LogP contribution in [-0.4, -0.2) is 33.5 Å². The molecule has 0 aliphatic heterocycles. The van der Waals surface area contributed by atoms with Gasteiger partial charge in [-0.2, -0.15) is 0 Å². The molecule has 0 aliphatic rings. The van der Waals surface area contributed by atoms with Gasteiger partial charge in [0, 0.05) is 25.8 Å². The van der Waals surface area contributed by atoms with Crippen molar-refractivity contribution in [1.82, 2.24) is 0 Å². The molecule has 0 radical (unpaired) electrons. The van der Waals surface area contributed by atoms with E-state index in [0.29, 0.717) is 32.3 Å². The first-order valence-corrected chi connectivity index (χ1v) is 7.15. The number of nitrogen functional groups attached to an aromatic ring is 1. The van der Waals surface area contributed by atoms with Crippen molar-refractivity contribution in [1.29, 1.82) is 0 Å². The van der Waals surface area contributed by atoms with Gasteiger partial charge >= 0.3 is 0 Å². The van der Waals surface area contributed by atoms with Gasteiger partial charge in [0.2, 0.25) is 0 Å². The third kappa shape index (κ3) is 5.39. The van der Waals surface area contributed by atoms with Crippen LogP contribution in [-0.2, 0) is 9.47 Å². The lowest BCUT2D eigenvalue weighted by atomic mass is 9.99. The molecule has 0 saturated carbocycles. The number of anilines is 1. The van der Waals surface area contributed by atoms with Gasteiger partial charge in [0.05, 0.1) is 19.8 Å². The highest BCUT2D eigenvalue weighted by molar-refractivity contribution is 5.55. The number of benzene rings is 1. The number of rotatable bonds is 9. The van der Waals surface area contributed by atoms with Crippen LogP contribution in [0.3, 0.4) is 0 Å². The van der Waals surface area contributed by atoms with E-state index in [-0.39, 0.29) is 0 Å². The molecule has 0 aromatic heterocycles. The monoisotopic (exact) mass is 281 g/mol. The molecule has 2 N–H and O–H groups in total. The highest BCUT2D eigenvalue weighted by Gasteiger charge is 2.10. The Labute approximate surface area is 122 Å². The SMILES string of the molecule is COCCOCCCOc1cc(C)c(N)cc1C(C)C. The van der Waals surface area contributed by atoms with Gasteiger partial charge in [0.1, 0.15) is 5.75 Å². The van der Waals surface area contributed by atoms with Crippen molar-refractivity contribution in [2.45, 2.75) is 33.1 Å². The number of hydrogen-bond acceptors (Lipinski definition) is 4. The van der Waals surface area contributed by atoms with Gasteiger partial charge < -0.3 is 19.9 Å². The quantitative estimate of drug-likeness (QED) is 0.558. The van der Waals surface area contributed by atoms with Crippen LogP contribution in [0, 0.1) is 6.92 Å². The predicted molar refractivity (Wildman–Crippen MR) is 82.5 cm³/mol. The fourth-order valence-corrected chi connectivity index (χ4v) is 1.88. The van der Waals surface area contributed by atoms with Crippen molar-refractivity contribution in [2.75, 3.05) is 39.3 Å². The third-order valence-corrected chi connectivity index (χ3v) is 3.14. The van der Waals surface area contributed by atoms with Crippen LogP contribution in [0.4, 0.5) is 5.69 Å². The molecule has 0 bridgehead atoms.